The monoisotopic (exact) mass is 498 g/mol. The van der Waals surface area contributed by atoms with Crippen molar-refractivity contribution in [2.45, 2.75) is 13.3 Å². The largest absolute Gasteiger partial charge is 0.755 e. The molecule has 0 aliphatic rings. The van der Waals surface area contributed by atoms with Crippen molar-refractivity contribution in [1.82, 2.24) is 15.0 Å². The fraction of sp³-hybridized carbons (Fsp3) is 0.130. The van der Waals surface area contributed by atoms with E-state index in [1.54, 1.807) is 19.1 Å². The highest BCUT2D eigenvalue weighted by Gasteiger charge is 2.26. The van der Waals surface area contributed by atoms with Crippen LogP contribution in [0, 0.1) is 11.6 Å². The molecule has 9 nitrogen and oxygen atoms in total. The Kier molecular flexibility index (Phi) is 6.94. The summed E-state index contributed by atoms with van der Waals surface area (Å²) in [5.41, 5.74) is -0.660. The predicted octanol–water partition coefficient (Wildman–Crippen LogP) is 3.73. The first-order valence-corrected chi connectivity index (χ1v) is 11.4. The maximum absolute atomic E-state index is 15.3. The highest BCUT2D eigenvalue weighted by molar-refractivity contribution is 7.80. The number of nitrogens with zero attached hydrogens (tertiary/aromatic N) is 3. The molecule has 2 N–H and O–H groups in total. The molecule has 1 aromatic carbocycles. The first-order chi connectivity index (χ1) is 16.8. The van der Waals surface area contributed by atoms with Crippen molar-refractivity contribution < 1.29 is 27.1 Å². The third-order valence-electron chi connectivity index (χ3n) is 5.13. The Morgan fingerprint density at radius 1 is 1.23 bits per heavy atom. The normalized spacial score (nSPS) is 11.9. The van der Waals surface area contributed by atoms with Crippen LogP contribution < -0.4 is 9.62 Å². The molecule has 0 bridgehead atoms. The first kappa shape index (κ1) is 24.1. The summed E-state index contributed by atoms with van der Waals surface area (Å²) in [5, 5.41) is 2.84. The Morgan fingerprint density at radius 3 is 2.71 bits per heavy atom. The number of fused-ring (bicyclic) bond motifs is 1. The van der Waals surface area contributed by atoms with E-state index in [9.17, 15) is 22.7 Å². The van der Waals surface area contributed by atoms with Crippen LogP contribution in [0.3, 0.4) is 0 Å². The smallest absolute Gasteiger partial charge is 0.257 e. The number of carbonyl (C=O) groups excluding carboxylic acids is 2. The molecule has 3 aromatic heterocycles. The molecular weight excluding hydrogens is 480 g/mol. The third-order valence-corrected chi connectivity index (χ3v) is 5.87. The van der Waals surface area contributed by atoms with E-state index in [0.717, 1.165) is 12.1 Å². The number of nitrogens with one attached hydrogen (secondary N) is 2. The van der Waals surface area contributed by atoms with Gasteiger partial charge in [-0.15, -0.1) is 0 Å². The van der Waals surface area contributed by atoms with Gasteiger partial charge in [0.2, 0.25) is 5.78 Å². The molecule has 0 aliphatic carbocycles. The van der Waals surface area contributed by atoms with Gasteiger partial charge in [-0.05, 0) is 36.8 Å². The topological polar surface area (TPSA) is 131 Å². The minimum atomic E-state index is -2.83. The molecule has 3 heterocycles. The molecule has 4 rings (SSSR count). The number of hydrogen-bond acceptors (Lipinski definition) is 6. The van der Waals surface area contributed by atoms with E-state index >= 15 is 4.39 Å². The molecule has 0 fully saturated rings. The summed E-state index contributed by atoms with van der Waals surface area (Å²) in [6.07, 6.45) is 5.87. The van der Waals surface area contributed by atoms with Gasteiger partial charge in [0.15, 0.2) is 5.82 Å². The van der Waals surface area contributed by atoms with E-state index in [2.05, 4.69) is 20.3 Å². The summed E-state index contributed by atoms with van der Waals surface area (Å²) in [6, 6.07) is 6.41. The van der Waals surface area contributed by atoms with Crippen LogP contribution in [0.25, 0.3) is 11.0 Å². The molecule has 4 aromatic rings. The van der Waals surface area contributed by atoms with Crippen LogP contribution in [0.5, 0.6) is 0 Å². The number of aromatic amines is 1. The minimum Gasteiger partial charge on any atom is -0.755 e. The highest BCUT2D eigenvalue weighted by atomic mass is 32.2. The van der Waals surface area contributed by atoms with E-state index < -0.39 is 45.8 Å². The molecule has 0 saturated carbocycles. The fourth-order valence-corrected chi connectivity index (χ4v) is 4.15. The summed E-state index contributed by atoms with van der Waals surface area (Å²) in [7, 11) is 0. The minimum absolute atomic E-state index is 0.0523. The Bertz CT molecular complexity index is 1440. The maximum atomic E-state index is 15.3. The quantitative estimate of drug-likeness (QED) is 0.281. The fourth-order valence-electron chi connectivity index (χ4n) is 3.52. The zero-order valence-electron chi connectivity index (χ0n) is 18.2. The van der Waals surface area contributed by atoms with Gasteiger partial charge < -0.3 is 14.9 Å². The first-order valence-electron chi connectivity index (χ1n) is 10.4. The predicted molar refractivity (Wildman–Crippen MR) is 125 cm³/mol. The van der Waals surface area contributed by atoms with Crippen molar-refractivity contribution in [3.8, 4) is 0 Å². The van der Waals surface area contributed by atoms with Gasteiger partial charge in [0.05, 0.1) is 28.7 Å². The Balaban J connectivity index is 1.73. The lowest BCUT2D eigenvalue weighted by molar-refractivity contribution is 0.102. The van der Waals surface area contributed by atoms with Crippen LogP contribution in [0.15, 0.2) is 55.1 Å². The standard InChI is InChI=1S/C23H19F2N5O4S/c1-2-8-30(35(33)34)18-6-5-17(24)19(20(18)25)21(31)16-12-28-22-15(16)9-14(11-27-22)29-23(32)13-4-3-7-26-10-13/h3-7,9-12H,2,8H2,1H3,(H,27,28)(H,29,32)(H,33,34)/p-1. The molecule has 0 saturated heterocycles. The van der Waals surface area contributed by atoms with Crippen LogP contribution in [-0.4, -0.2) is 41.9 Å². The second-order valence-corrected chi connectivity index (χ2v) is 8.30. The van der Waals surface area contributed by atoms with Gasteiger partial charge in [0, 0.05) is 47.4 Å². The number of anilines is 2. The third kappa shape index (κ3) is 4.79. The molecule has 12 heteroatoms. The average Bonchev–Trinajstić information content (AvgIpc) is 3.27. The van der Waals surface area contributed by atoms with Gasteiger partial charge in [-0.25, -0.2) is 13.8 Å². The number of halogens is 2. The molecule has 1 amide bonds. The van der Waals surface area contributed by atoms with Crippen molar-refractivity contribution in [2.75, 3.05) is 16.2 Å². The SMILES string of the molecule is CCCN(c1ccc(F)c(C(=O)c2c[nH]c3ncc(NC(=O)c4cccnc4)cc23)c1F)S(=O)[O-]. The van der Waals surface area contributed by atoms with E-state index in [4.69, 9.17) is 0 Å². The Morgan fingerprint density at radius 2 is 2.03 bits per heavy atom. The van der Waals surface area contributed by atoms with Crippen LogP contribution in [0.2, 0.25) is 0 Å². The highest BCUT2D eigenvalue weighted by Crippen LogP contribution is 2.30. The van der Waals surface area contributed by atoms with Gasteiger partial charge >= 0.3 is 0 Å². The van der Waals surface area contributed by atoms with Gasteiger partial charge in [-0.2, -0.15) is 0 Å². The molecule has 0 spiro atoms. The summed E-state index contributed by atoms with van der Waals surface area (Å²) >= 11 is -2.83. The average molecular weight is 498 g/mol. The van der Waals surface area contributed by atoms with Crippen LogP contribution in [-0.2, 0) is 11.3 Å². The van der Waals surface area contributed by atoms with Crippen molar-refractivity contribution in [2.24, 2.45) is 0 Å². The molecular formula is C23H18F2N5O4S-. The van der Waals surface area contributed by atoms with E-state index in [-0.39, 0.29) is 28.8 Å². The number of benzene rings is 1. The molecule has 0 radical (unpaired) electrons. The van der Waals surface area contributed by atoms with E-state index in [1.165, 1.54) is 30.9 Å². The molecule has 180 valence electrons. The van der Waals surface area contributed by atoms with Crippen LogP contribution in [0.1, 0.15) is 39.6 Å². The van der Waals surface area contributed by atoms with Crippen molar-refractivity contribution >= 4 is 45.4 Å². The lowest BCUT2D eigenvalue weighted by atomic mass is 10.0. The van der Waals surface area contributed by atoms with Gasteiger partial charge in [-0.3, -0.25) is 23.1 Å². The summed E-state index contributed by atoms with van der Waals surface area (Å²) in [5.74, 6) is -3.92. The summed E-state index contributed by atoms with van der Waals surface area (Å²) < 4.78 is 53.8. The zero-order chi connectivity index (χ0) is 25.1. The lowest BCUT2D eigenvalue weighted by Crippen LogP contribution is -2.28. The van der Waals surface area contributed by atoms with Crippen molar-refractivity contribution in [3.63, 3.8) is 0 Å². The van der Waals surface area contributed by atoms with Crippen LogP contribution >= 0.6 is 0 Å². The van der Waals surface area contributed by atoms with Gasteiger partial charge in [0.1, 0.15) is 11.5 Å². The van der Waals surface area contributed by atoms with Gasteiger partial charge in [0.25, 0.3) is 5.91 Å². The number of rotatable bonds is 8. The summed E-state index contributed by atoms with van der Waals surface area (Å²) in [6.45, 7) is 1.64. The number of pyridine rings is 2. The van der Waals surface area contributed by atoms with Gasteiger partial charge in [-0.1, -0.05) is 6.92 Å². The second-order valence-electron chi connectivity index (χ2n) is 7.42. The second kappa shape index (κ2) is 10.1. The van der Waals surface area contributed by atoms with E-state index in [0.29, 0.717) is 16.3 Å². The number of amides is 1. The summed E-state index contributed by atoms with van der Waals surface area (Å²) in [4.78, 5) is 36.4. The molecule has 1 atom stereocenters. The molecule has 35 heavy (non-hydrogen) atoms. The molecule has 0 aliphatic heterocycles. The maximum Gasteiger partial charge on any atom is 0.257 e. The number of ketones is 1. The number of hydrogen-bond donors (Lipinski definition) is 2. The number of aromatic nitrogens is 3. The molecule has 1 unspecified atom stereocenters. The van der Waals surface area contributed by atoms with Crippen molar-refractivity contribution in [3.05, 3.63) is 83.4 Å². The lowest BCUT2D eigenvalue weighted by Gasteiger charge is -2.26. The Hall–Kier alpha value is -4.03. The number of H-pyrrole nitrogens is 1. The number of carbonyl (C=O) groups is 2. The van der Waals surface area contributed by atoms with Crippen LogP contribution in [0.4, 0.5) is 20.2 Å². The Labute approximate surface area is 200 Å². The zero-order valence-corrected chi connectivity index (χ0v) is 19.1. The van der Waals surface area contributed by atoms with Crippen molar-refractivity contribution in [1.29, 1.82) is 0 Å². The van der Waals surface area contributed by atoms with E-state index in [1.807, 2.05) is 0 Å².